The lowest BCUT2D eigenvalue weighted by Crippen LogP contribution is -2.41. The van der Waals surface area contributed by atoms with Gasteiger partial charge in [-0.25, -0.2) is 0 Å². The SMILES string of the molecule is CCOc1ccccc1NC(=O)CN(C(C)=O)C(C)C. The first-order valence-corrected chi connectivity index (χ1v) is 6.74. The van der Waals surface area contributed by atoms with E-state index in [1.165, 1.54) is 11.8 Å². The smallest absolute Gasteiger partial charge is 0.244 e. The van der Waals surface area contributed by atoms with Gasteiger partial charge in [-0.2, -0.15) is 0 Å². The molecule has 0 bridgehead atoms. The van der Waals surface area contributed by atoms with Crippen molar-refractivity contribution in [2.24, 2.45) is 0 Å². The van der Waals surface area contributed by atoms with Crippen molar-refractivity contribution in [3.05, 3.63) is 24.3 Å². The van der Waals surface area contributed by atoms with Gasteiger partial charge in [0.2, 0.25) is 11.8 Å². The fourth-order valence-electron chi connectivity index (χ4n) is 1.85. The molecule has 110 valence electrons. The topological polar surface area (TPSA) is 58.6 Å². The Bertz CT molecular complexity index is 472. The summed E-state index contributed by atoms with van der Waals surface area (Å²) in [5.74, 6) is 0.275. The van der Waals surface area contributed by atoms with Crippen LogP contribution in [0.3, 0.4) is 0 Å². The highest BCUT2D eigenvalue weighted by molar-refractivity contribution is 5.95. The van der Waals surface area contributed by atoms with Crippen molar-refractivity contribution < 1.29 is 14.3 Å². The Labute approximate surface area is 119 Å². The standard InChI is InChI=1S/C15H22N2O3/c1-5-20-14-9-7-6-8-13(14)16-15(19)10-17(11(2)3)12(4)18/h6-9,11H,5,10H2,1-4H3,(H,16,19). The molecule has 0 atom stereocenters. The minimum atomic E-state index is -0.235. The lowest BCUT2D eigenvalue weighted by molar-refractivity contribution is -0.134. The van der Waals surface area contributed by atoms with E-state index < -0.39 is 0 Å². The number of benzene rings is 1. The summed E-state index contributed by atoms with van der Waals surface area (Å²) in [5.41, 5.74) is 0.617. The van der Waals surface area contributed by atoms with Crippen LogP contribution < -0.4 is 10.1 Å². The molecule has 0 saturated carbocycles. The maximum absolute atomic E-state index is 12.0. The molecular weight excluding hydrogens is 256 g/mol. The van der Waals surface area contributed by atoms with Crippen LogP contribution in [0.4, 0.5) is 5.69 Å². The van der Waals surface area contributed by atoms with Gasteiger partial charge in [0.15, 0.2) is 0 Å². The van der Waals surface area contributed by atoms with Crippen molar-refractivity contribution in [2.75, 3.05) is 18.5 Å². The van der Waals surface area contributed by atoms with E-state index in [2.05, 4.69) is 5.32 Å². The maximum Gasteiger partial charge on any atom is 0.244 e. The van der Waals surface area contributed by atoms with Crippen molar-refractivity contribution in [3.63, 3.8) is 0 Å². The van der Waals surface area contributed by atoms with Gasteiger partial charge in [0.1, 0.15) is 12.3 Å². The Morgan fingerprint density at radius 1 is 1.30 bits per heavy atom. The summed E-state index contributed by atoms with van der Waals surface area (Å²) in [6.07, 6.45) is 0. The van der Waals surface area contributed by atoms with Crippen LogP contribution in [0.5, 0.6) is 5.75 Å². The number of anilines is 1. The first-order valence-electron chi connectivity index (χ1n) is 6.74. The Morgan fingerprint density at radius 2 is 1.95 bits per heavy atom. The first-order chi connectivity index (χ1) is 9.45. The molecule has 0 saturated heterocycles. The van der Waals surface area contributed by atoms with E-state index in [-0.39, 0.29) is 24.4 Å². The second kappa shape index (κ2) is 7.53. The van der Waals surface area contributed by atoms with Gasteiger partial charge in [0.25, 0.3) is 0 Å². The highest BCUT2D eigenvalue weighted by Gasteiger charge is 2.17. The monoisotopic (exact) mass is 278 g/mol. The molecule has 2 amide bonds. The van der Waals surface area contributed by atoms with E-state index in [0.29, 0.717) is 18.0 Å². The molecule has 0 unspecified atom stereocenters. The quantitative estimate of drug-likeness (QED) is 0.868. The molecular formula is C15H22N2O3. The molecule has 1 N–H and O–H groups in total. The number of carbonyl (C=O) groups is 2. The van der Waals surface area contributed by atoms with E-state index in [1.807, 2.05) is 32.9 Å². The molecule has 20 heavy (non-hydrogen) atoms. The summed E-state index contributed by atoms with van der Waals surface area (Å²) in [6.45, 7) is 7.66. The van der Waals surface area contributed by atoms with E-state index in [9.17, 15) is 9.59 Å². The molecule has 1 aromatic carbocycles. The van der Waals surface area contributed by atoms with Gasteiger partial charge in [0, 0.05) is 13.0 Å². The zero-order chi connectivity index (χ0) is 15.1. The molecule has 1 rings (SSSR count). The lowest BCUT2D eigenvalue weighted by Gasteiger charge is -2.24. The summed E-state index contributed by atoms with van der Waals surface area (Å²) >= 11 is 0. The number of ether oxygens (including phenoxy) is 1. The zero-order valence-electron chi connectivity index (χ0n) is 12.5. The highest BCUT2D eigenvalue weighted by atomic mass is 16.5. The summed E-state index contributed by atoms with van der Waals surface area (Å²) < 4.78 is 5.44. The van der Waals surface area contributed by atoms with E-state index in [0.717, 1.165) is 0 Å². The van der Waals surface area contributed by atoms with Crippen molar-refractivity contribution in [3.8, 4) is 5.75 Å². The molecule has 1 aromatic rings. The number of hydrogen-bond donors (Lipinski definition) is 1. The van der Waals surface area contributed by atoms with Crippen molar-refractivity contribution in [2.45, 2.75) is 33.7 Å². The number of para-hydroxylation sites is 2. The summed E-state index contributed by atoms with van der Waals surface area (Å²) in [7, 11) is 0. The average Bonchev–Trinajstić information content (AvgIpc) is 2.38. The van der Waals surface area contributed by atoms with Crippen molar-refractivity contribution in [1.82, 2.24) is 4.90 Å². The summed E-state index contributed by atoms with van der Waals surface area (Å²) in [4.78, 5) is 25.0. The third kappa shape index (κ3) is 4.57. The lowest BCUT2D eigenvalue weighted by atomic mass is 10.2. The van der Waals surface area contributed by atoms with Gasteiger partial charge in [-0.3, -0.25) is 9.59 Å². The molecule has 0 aromatic heterocycles. The van der Waals surface area contributed by atoms with Gasteiger partial charge in [0.05, 0.1) is 12.3 Å². The molecule has 0 fully saturated rings. The normalized spacial score (nSPS) is 10.2. The molecule has 0 aliphatic rings. The number of hydrogen-bond acceptors (Lipinski definition) is 3. The molecule has 0 aliphatic heterocycles. The van der Waals surface area contributed by atoms with Gasteiger partial charge < -0.3 is 15.0 Å². The number of amides is 2. The maximum atomic E-state index is 12.0. The highest BCUT2D eigenvalue weighted by Crippen LogP contribution is 2.23. The van der Waals surface area contributed by atoms with Gasteiger partial charge in [-0.15, -0.1) is 0 Å². The second-order valence-electron chi connectivity index (χ2n) is 4.72. The average molecular weight is 278 g/mol. The predicted molar refractivity (Wildman–Crippen MR) is 78.8 cm³/mol. The van der Waals surface area contributed by atoms with E-state index in [1.54, 1.807) is 12.1 Å². The number of nitrogens with one attached hydrogen (secondary N) is 1. The predicted octanol–water partition coefficient (Wildman–Crippen LogP) is 2.28. The molecule has 0 spiro atoms. The molecule has 5 nitrogen and oxygen atoms in total. The molecule has 0 radical (unpaired) electrons. The van der Waals surface area contributed by atoms with Crippen LogP contribution in [0.1, 0.15) is 27.7 Å². The van der Waals surface area contributed by atoms with Gasteiger partial charge in [-0.1, -0.05) is 12.1 Å². The van der Waals surface area contributed by atoms with Gasteiger partial charge >= 0.3 is 0 Å². The fraction of sp³-hybridized carbons (Fsp3) is 0.467. The number of nitrogens with zero attached hydrogens (tertiary/aromatic N) is 1. The Morgan fingerprint density at radius 3 is 2.50 bits per heavy atom. The van der Waals surface area contributed by atoms with Crippen LogP contribution in [0.2, 0.25) is 0 Å². The van der Waals surface area contributed by atoms with Crippen molar-refractivity contribution in [1.29, 1.82) is 0 Å². The third-order valence-electron chi connectivity index (χ3n) is 2.80. The minimum Gasteiger partial charge on any atom is -0.492 e. The van der Waals surface area contributed by atoms with E-state index >= 15 is 0 Å². The van der Waals surface area contributed by atoms with Crippen LogP contribution in [-0.2, 0) is 9.59 Å². The summed E-state index contributed by atoms with van der Waals surface area (Å²) in [6, 6.07) is 7.22. The Balaban J connectivity index is 2.73. The van der Waals surface area contributed by atoms with Crippen LogP contribution in [0.25, 0.3) is 0 Å². The number of carbonyl (C=O) groups excluding carboxylic acids is 2. The molecule has 0 aliphatic carbocycles. The number of rotatable bonds is 6. The van der Waals surface area contributed by atoms with E-state index in [4.69, 9.17) is 4.74 Å². The van der Waals surface area contributed by atoms with Gasteiger partial charge in [-0.05, 0) is 32.9 Å². The molecule has 0 heterocycles. The molecule has 5 heteroatoms. The minimum absolute atomic E-state index is 0.0135. The Hall–Kier alpha value is -2.04. The van der Waals surface area contributed by atoms with Crippen LogP contribution in [-0.4, -0.2) is 35.9 Å². The summed E-state index contributed by atoms with van der Waals surface area (Å²) in [5, 5.41) is 2.78. The third-order valence-corrected chi connectivity index (χ3v) is 2.80. The largest absolute Gasteiger partial charge is 0.492 e. The van der Waals surface area contributed by atoms with Crippen LogP contribution in [0, 0.1) is 0 Å². The van der Waals surface area contributed by atoms with Crippen LogP contribution >= 0.6 is 0 Å². The fourth-order valence-corrected chi connectivity index (χ4v) is 1.85. The Kier molecular flexibility index (Phi) is 6.03. The zero-order valence-corrected chi connectivity index (χ0v) is 12.5. The first kappa shape index (κ1) is 16.0. The van der Waals surface area contributed by atoms with Crippen molar-refractivity contribution >= 4 is 17.5 Å². The second-order valence-corrected chi connectivity index (χ2v) is 4.72. The van der Waals surface area contributed by atoms with Crippen LogP contribution in [0.15, 0.2) is 24.3 Å².